The van der Waals surface area contributed by atoms with Crippen LogP contribution in [0.3, 0.4) is 0 Å². The van der Waals surface area contributed by atoms with E-state index in [9.17, 15) is 39.5 Å². The molecule has 0 aliphatic carbocycles. The molecule has 11 N–H and O–H groups in total. The summed E-state index contributed by atoms with van der Waals surface area (Å²) in [7, 11) is -18.0. The van der Waals surface area contributed by atoms with Gasteiger partial charge in [-0.15, -0.1) is 0 Å². The number of alkyl halides is 9. The Bertz CT molecular complexity index is 616. The summed E-state index contributed by atoms with van der Waals surface area (Å²) in [6.07, 6.45) is 0. The molecule has 191 valence electrons. The molecule has 30 heavy (non-hydrogen) atoms. The Morgan fingerprint density at radius 2 is 0.567 bits per heavy atom. The van der Waals surface area contributed by atoms with Gasteiger partial charge in [-0.2, -0.15) is 47.9 Å². The quantitative estimate of drug-likeness (QED) is 0.214. The summed E-state index contributed by atoms with van der Waals surface area (Å²) in [6, 6.07) is 0. The van der Waals surface area contributed by atoms with Crippen molar-refractivity contribution in [1.82, 2.24) is 0 Å². The molecule has 0 atom stereocenters. The van der Waals surface area contributed by atoms with Crippen molar-refractivity contribution in [1.29, 1.82) is 0 Å². The molecule has 27 heteroatoms. The zero-order valence-corrected chi connectivity index (χ0v) is 18.1. The maximum Gasteiger partial charge on any atom is 7.00 e. The Morgan fingerprint density at radius 3 is 0.567 bits per heavy atom. The van der Waals surface area contributed by atoms with Crippen LogP contribution in [0.4, 0.5) is 39.5 Å². The Kier molecular flexibility index (Phi) is 32.6. The van der Waals surface area contributed by atoms with Crippen molar-refractivity contribution in [2.45, 2.75) is 16.5 Å². The van der Waals surface area contributed by atoms with Crippen LogP contribution < -0.4 is 0 Å². The Hall–Kier alpha value is -0.464. The van der Waals surface area contributed by atoms with E-state index in [1.807, 2.05) is 0 Å². The molecule has 0 aromatic rings. The molecular weight excluding hydrogens is 707 g/mol. The van der Waals surface area contributed by atoms with Gasteiger partial charge in [0.15, 0.2) is 20.2 Å². The zero-order chi connectivity index (χ0) is 21.0. The van der Waals surface area contributed by atoms with Gasteiger partial charge in [-0.05, 0) is 0 Å². The molecule has 0 aromatic heterocycles. The van der Waals surface area contributed by atoms with Crippen molar-refractivity contribution in [3.63, 3.8) is 0 Å². The van der Waals surface area contributed by atoms with Gasteiger partial charge in [-0.1, -0.05) is 0 Å². The largest absolute Gasteiger partial charge is 7.00 e. The smallest absolute Gasteiger partial charge is 0.741 e. The van der Waals surface area contributed by atoms with E-state index < -0.39 is 46.9 Å². The third-order valence-electron chi connectivity index (χ3n) is 0.859. The average Bonchev–Trinajstić information content (AvgIpc) is 2.08. The van der Waals surface area contributed by atoms with Crippen molar-refractivity contribution < 1.29 is 98.2 Å². The maximum atomic E-state index is 10.7. The van der Waals surface area contributed by atoms with E-state index in [0.29, 0.717) is 0 Å². The van der Waals surface area contributed by atoms with Crippen molar-refractivity contribution in [2.24, 2.45) is 0 Å². The SMILES string of the molecule is O=S(=O)(O)C(F)(F)F.O=S(=O)([O-])C(F)(F)F.O=S(=O)([O-])C(F)(F)F.[NH2-].[NH2-].[NH2-].[NH2-].[NH2-].[Os+7]. The predicted octanol–water partition coefficient (Wildman–Crippen LogP) is 4.08. The zero-order valence-electron chi connectivity index (χ0n) is 13.1. The topological polar surface area (TPSA) is 336 Å². The van der Waals surface area contributed by atoms with E-state index >= 15 is 0 Å². The van der Waals surface area contributed by atoms with E-state index in [0.717, 1.165) is 0 Å². The first-order valence-corrected chi connectivity index (χ1v) is 8.09. The standard InChI is InChI=1S/3CHF3O3S.5H2N.Os/c3*2-1(3,4)8(5,6)7;;;;;;/h3*(H,5,6,7);5*1H2;/q;;;5*-1;+7/p-2. The first-order valence-electron chi connectivity index (χ1n) is 3.83. The van der Waals surface area contributed by atoms with Crippen LogP contribution in [-0.4, -0.2) is 55.4 Å². The molecule has 0 spiro atoms. The van der Waals surface area contributed by atoms with E-state index in [2.05, 4.69) is 0 Å². The van der Waals surface area contributed by atoms with E-state index in [-0.39, 0.29) is 50.5 Å². The van der Waals surface area contributed by atoms with E-state index in [4.69, 9.17) is 38.9 Å². The summed E-state index contributed by atoms with van der Waals surface area (Å²) in [5, 5.41) is 0. The molecule has 0 amide bonds. The van der Waals surface area contributed by atoms with E-state index in [1.165, 1.54) is 0 Å². The minimum absolute atomic E-state index is 0. The average molecular weight is 719 g/mol. The molecule has 0 saturated heterocycles. The molecule has 14 nitrogen and oxygen atoms in total. The number of nitrogens with two attached hydrogens (primary N) is 5. The van der Waals surface area contributed by atoms with Crippen molar-refractivity contribution in [3.8, 4) is 0 Å². The Labute approximate surface area is 176 Å². The van der Waals surface area contributed by atoms with Gasteiger partial charge in [0.1, 0.15) is 0 Å². The van der Waals surface area contributed by atoms with Gasteiger partial charge in [-0.3, -0.25) is 4.55 Å². The first kappa shape index (κ1) is 57.0. The minimum atomic E-state index is -6.09. The minimum Gasteiger partial charge on any atom is -0.741 e. The van der Waals surface area contributed by atoms with Crippen LogP contribution in [0.2, 0.25) is 0 Å². The summed E-state index contributed by atoms with van der Waals surface area (Å²) < 4.78 is 175. The Morgan fingerprint density at radius 1 is 0.500 bits per heavy atom. The molecule has 1 radical (unpaired) electrons. The van der Waals surface area contributed by atoms with Crippen molar-refractivity contribution in [2.75, 3.05) is 0 Å². The van der Waals surface area contributed by atoms with Crippen LogP contribution in [0.5, 0.6) is 0 Å². The van der Waals surface area contributed by atoms with Crippen LogP contribution >= 0.6 is 0 Å². The molecule has 0 aliphatic heterocycles. The van der Waals surface area contributed by atoms with Gasteiger partial charge in [0.05, 0.1) is 0 Å². The normalized spacial score (nSPS) is 11.2. The third kappa shape index (κ3) is 27.5. The van der Waals surface area contributed by atoms with Crippen LogP contribution in [0.25, 0.3) is 30.8 Å². The third-order valence-corrected chi connectivity index (χ3v) is 2.58. The van der Waals surface area contributed by atoms with Crippen LogP contribution in [0, 0.1) is 0 Å². The molecule has 0 bridgehead atoms. The number of hydrogen-bond acceptors (Lipinski definition) is 8. The second-order valence-electron chi connectivity index (χ2n) is 2.72. The molecular formula is C3H11F9N5O9OsS3. The fourth-order valence-corrected chi connectivity index (χ4v) is 0. The Balaban J connectivity index is -0.0000000286. The van der Waals surface area contributed by atoms with Gasteiger partial charge >= 0.3 is 46.4 Å². The fraction of sp³-hybridized carbons (Fsp3) is 1.00. The molecule has 0 aromatic carbocycles. The van der Waals surface area contributed by atoms with Gasteiger partial charge in [0, 0.05) is 0 Å². The summed E-state index contributed by atoms with van der Waals surface area (Å²) in [6.45, 7) is 0. The fourth-order valence-electron chi connectivity index (χ4n) is 0. The molecule has 0 saturated carbocycles. The summed E-state index contributed by atoms with van der Waals surface area (Å²) in [4.78, 5) is 0. The molecule has 0 unspecified atom stereocenters. The number of rotatable bonds is 0. The number of halogens is 9. The van der Waals surface area contributed by atoms with Gasteiger partial charge in [0.2, 0.25) is 0 Å². The summed E-state index contributed by atoms with van der Waals surface area (Å²) in [5.74, 6) is 0. The van der Waals surface area contributed by atoms with Crippen molar-refractivity contribution >= 4 is 30.4 Å². The second-order valence-corrected chi connectivity index (χ2v) is 6.88. The van der Waals surface area contributed by atoms with E-state index in [1.54, 1.807) is 0 Å². The molecule has 0 aliphatic rings. The monoisotopic (exact) mass is 720 g/mol. The molecule has 0 heterocycles. The van der Waals surface area contributed by atoms with Crippen molar-refractivity contribution in [3.05, 3.63) is 30.8 Å². The molecule has 0 rings (SSSR count). The van der Waals surface area contributed by atoms with Gasteiger partial charge in [-0.25, -0.2) is 16.8 Å². The van der Waals surface area contributed by atoms with Gasteiger partial charge < -0.3 is 39.9 Å². The summed E-state index contributed by atoms with van der Waals surface area (Å²) in [5.41, 5.74) is -16.8. The first-order chi connectivity index (χ1) is 9.75. The van der Waals surface area contributed by atoms with Crippen LogP contribution in [0.15, 0.2) is 0 Å². The van der Waals surface area contributed by atoms with Gasteiger partial charge in [0.25, 0.3) is 0 Å². The number of hydrogen-bond donors (Lipinski definition) is 1. The van der Waals surface area contributed by atoms with Crippen LogP contribution in [-0.2, 0) is 50.1 Å². The summed E-state index contributed by atoms with van der Waals surface area (Å²) >= 11 is 0. The predicted molar refractivity (Wildman–Crippen MR) is 75.5 cm³/mol. The second kappa shape index (κ2) is 17.1. The maximum absolute atomic E-state index is 10.7. The van der Waals surface area contributed by atoms with Crippen LogP contribution in [0.1, 0.15) is 0 Å². The molecule has 0 fully saturated rings.